The van der Waals surface area contributed by atoms with Crippen molar-refractivity contribution in [3.63, 3.8) is 0 Å². The third kappa shape index (κ3) is 8.09. The van der Waals surface area contributed by atoms with Crippen molar-refractivity contribution >= 4 is 17.7 Å². The van der Waals surface area contributed by atoms with Crippen LogP contribution in [-0.2, 0) is 16.1 Å². The van der Waals surface area contributed by atoms with E-state index in [9.17, 15) is 14.4 Å². The lowest BCUT2D eigenvalue weighted by Crippen LogP contribution is -2.48. The van der Waals surface area contributed by atoms with E-state index in [-0.39, 0.29) is 35.7 Å². The fourth-order valence-corrected chi connectivity index (χ4v) is 5.97. The first kappa shape index (κ1) is 29.6. The second-order valence-corrected chi connectivity index (χ2v) is 11.3. The fourth-order valence-electron chi connectivity index (χ4n) is 5.97. The molecule has 1 N–H and O–H groups in total. The number of hydrogen-bond donors (Lipinski definition) is 1. The fraction of sp³-hybridized carbons (Fsp3) is 0.545. The summed E-state index contributed by atoms with van der Waals surface area (Å²) in [6.07, 6.45) is 8.66. The van der Waals surface area contributed by atoms with Crippen LogP contribution in [0.3, 0.4) is 0 Å². The van der Waals surface area contributed by atoms with E-state index in [1.54, 1.807) is 7.11 Å². The molecule has 40 heavy (non-hydrogen) atoms. The Morgan fingerprint density at radius 3 is 2.20 bits per heavy atom. The van der Waals surface area contributed by atoms with Gasteiger partial charge in [-0.1, -0.05) is 50.1 Å². The number of benzene rings is 2. The molecule has 7 nitrogen and oxygen atoms in total. The Labute approximate surface area is 239 Å². The summed E-state index contributed by atoms with van der Waals surface area (Å²) in [7, 11) is 1.62. The minimum Gasteiger partial charge on any atom is -0.497 e. The standard InChI is InChI=1S/C33H45N3O4/c1-3-4-6-11-31(37)35-22-20-26(21-23-35)32(38)34-28-14-16-29(17-15-28)36(24-25-9-7-5-8-10-25)33(39)27-12-18-30(40-2)19-13-27/h5,7-10,12-13,18-19,26,28-29H,3-4,6,11,14-17,20-24H2,1-2H3,(H,34,38). The van der Waals surface area contributed by atoms with Crippen LogP contribution >= 0.6 is 0 Å². The number of carbonyl (C=O) groups excluding carboxylic acids is 3. The summed E-state index contributed by atoms with van der Waals surface area (Å²) in [5.74, 6) is 1.08. The van der Waals surface area contributed by atoms with Gasteiger partial charge >= 0.3 is 0 Å². The van der Waals surface area contributed by atoms with Crippen LogP contribution in [-0.4, -0.2) is 59.8 Å². The molecule has 2 aromatic carbocycles. The van der Waals surface area contributed by atoms with E-state index in [0.29, 0.717) is 31.6 Å². The molecule has 0 unspecified atom stereocenters. The maximum atomic E-state index is 13.6. The Hall–Kier alpha value is -3.35. The predicted molar refractivity (Wildman–Crippen MR) is 157 cm³/mol. The van der Waals surface area contributed by atoms with Gasteiger partial charge in [0, 0.05) is 49.6 Å². The molecule has 0 spiro atoms. The Kier molecular flexibility index (Phi) is 11.0. The van der Waals surface area contributed by atoms with Crippen LogP contribution in [0.15, 0.2) is 54.6 Å². The van der Waals surface area contributed by atoms with E-state index >= 15 is 0 Å². The van der Waals surface area contributed by atoms with E-state index in [0.717, 1.165) is 69.1 Å². The molecule has 0 bridgehead atoms. The topological polar surface area (TPSA) is 79.0 Å². The lowest BCUT2D eigenvalue weighted by molar-refractivity contribution is -0.136. The van der Waals surface area contributed by atoms with Gasteiger partial charge in [-0.3, -0.25) is 14.4 Å². The first-order chi connectivity index (χ1) is 19.5. The second-order valence-electron chi connectivity index (χ2n) is 11.3. The number of nitrogens with one attached hydrogen (secondary N) is 1. The average Bonchev–Trinajstić information content (AvgIpc) is 3.00. The summed E-state index contributed by atoms with van der Waals surface area (Å²) in [5.41, 5.74) is 1.76. The third-order valence-electron chi connectivity index (χ3n) is 8.49. The Bertz CT molecular complexity index is 1090. The third-order valence-corrected chi connectivity index (χ3v) is 8.49. The van der Waals surface area contributed by atoms with Crippen molar-refractivity contribution in [2.24, 2.45) is 5.92 Å². The minimum atomic E-state index is -0.0244. The summed E-state index contributed by atoms with van der Waals surface area (Å²) in [5, 5.41) is 3.30. The highest BCUT2D eigenvalue weighted by molar-refractivity contribution is 5.94. The van der Waals surface area contributed by atoms with Crippen LogP contribution in [0.4, 0.5) is 0 Å². The van der Waals surface area contributed by atoms with Crippen molar-refractivity contribution in [3.05, 3.63) is 65.7 Å². The number of hydrogen-bond acceptors (Lipinski definition) is 4. The first-order valence-corrected chi connectivity index (χ1v) is 15.1. The molecule has 1 saturated carbocycles. The average molecular weight is 548 g/mol. The van der Waals surface area contributed by atoms with Crippen LogP contribution in [0.1, 0.15) is 87.1 Å². The number of nitrogens with zero attached hydrogens (tertiary/aromatic N) is 2. The van der Waals surface area contributed by atoms with E-state index < -0.39 is 0 Å². The number of rotatable bonds is 11. The lowest BCUT2D eigenvalue weighted by Gasteiger charge is -2.38. The molecule has 2 fully saturated rings. The van der Waals surface area contributed by atoms with Gasteiger partial charge in [-0.2, -0.15) is 0 Å². The zero-order valence-corrected chi connectivity index (χ0v) is 24.1. The lowest BCUT2D eigenvalue weighted by atomic mass is 9.88. The Balaban J connectivity index is 1.29. The molecule has 2 aliphatic rings. The van der Waals surface area contributed by atoms with Crippen molar-refractivity contribution in [2.75, 3.05) is 20.2 Å². The molecule has 0 radical (unpaired) electrons. The van der Waals surface area contributed by atoms with Gasteiger partial charge in [0.25, 0.3) is 5.91 Å². The van der Waals surface area contributed by atoms with Crippen molar-refractivity contribution in [2.45, 2.75) is 89.8 Å². The van der Waals surface area contributed by atoms with Gasteiger partial charge in [0.1, 0.15) is 5.75 Å². The minimum absolute atomic E-state index is 0.0231. The summed E-state index contributed by atoms with van der Waals surface area (Å²) >= 11 is 0. The highest BCUT2D eigenvalue weighted by Crippen LogP contribution is 2.28. The van der Waals surface area contributed by atoms with Gasteiger partial charge in [0.2, 0.25) is 11.8 Å². The largest absolute Gasteiger partial charge is 0.497 e. The Morgan fingerprint density at radius 1 is 0.900 bits per heavy atom. The number of likely N-dealkylation sites (tertiary alicyclic amines) is 1. The molecule has 0 atom stereocenters. The first-order valence-electron chi connectivity index (χ1n) is 15.1. The normalized spacial score (nSPS) is 19.6. The van der Waals surface area contributed by atoms with Crippen molar-refractivity contribution in [3.8, 4) is 5.75 Å². The molecule has 1 saturated heterocycles. The van der Waals surface area contributed by atoms with Crippen molar-refractivity contribution < 1.29 is 19.1 Å². The number of unbranched alkanes of at least 4 members (excludes halogenated alkanes) is 2. The van der Waals surface area contributed by atoms with Gasteiger partial charge in [0.05, 0.1) is 7.11 Å². The second kappa shape index (κ2) is 14.9. The van der Waals surface area contributed by atoms with E-state index in [1.165, 1.54) is 0 Å². The van der Waals surface area contributed by atoms with E-state index in [4.69, 9.17) is 4.74 Å². The summed E-state index contributed by atoms with van der Waals surface area (Å²) in [4.78, 5) is 43.1. The van der Waals surface area contributed by atoms with E-state index in [2.05, 4.69) is 24.4 Å². The smallest absolute Gasteiger partial charge is 0.254 e. The van der Waals surface area contributed by atoms with Gasteiger partial charge in [0.15, 0.2) is 0 Å². The molecule has 2 aromatic rings. The molecule has 216 valence electrons. The van der Waals surface area contributed by atoms with Crippen LogP contribution in [0.25, 0.3) is 0 Å². The zero-order valence-electron chi connectivity index (χ0n) is 24.1. The molecule has 1 aliphatic carbocycles. The van der Waals surface area contributed by atoms with Gasteiger partial charge < -0.3 is 19.9 Å². The molecule has 3 amide bonds. The quantitative estimate of drug-likeness (QED) is 0.372. The monoisotopic (exact) mass is 547 g/mol. The van der Waals surface area contributed by atoms with Crippen LogP contribution in [0.2, 0.25) is 0 Å². The molecule has 1 aliphatic heterocycles. The predicted octanol–water partition coefficient (Wildman–Crippen LogP) is 5.58. The number of amides is 3. The highest BCUT2D eigenvalue weighted by Gasteiger charge is 2.32. The SMILES string of the molecule is CCCCCC(=O)N1CCC(C(=O)NC2CCC(N(Cc3ccccc3)C(=O)c3ccc(OC)cc3)CC2)CC1. The maximum absolute atomic E-state index is 13.6. The summed E-state index contributed by atoms with van der Waals surface area (Å²) in [6.45, 7) is 4.06. The van der Waals surface area contributed by atoms with Gasteiger partial charge in [-0.05, 0) is 74.8 Å². The summed E-state index contributed by atoms with van der Waals surface area (Å²) in [6, 6.07) is 17.7. The van der Waals surface area contributed by atoms with Crippen molar-refractivity contribution in [1.29, 1.82) is 0 Å². The van der Waals surface area contributed by atoms with E-state index in [1.807, 2.05) is 52.3 Å². The van der Waals surface area contributed by atoms with Gasteiger partial charge in [-0.25, -0.2) is 0 Å². The number of methoxy groups -OCH3 is 1. The zero-order chi connectivity index (χ0) is 28.3. The number of carbonyl (C=O) groups is 3. The Morgan fingerprint density at radius 2 is 1.57 bits per heavy atom. The summed E-state index contributed by atoms with van der Waals surface area (Å²) < 4.78 is 5.27. The molecule has 1 heterocycles. The molecule has 7 heteroatoms. The van der Waals surface area contributed by atoms with Gasteiger partial charge in [-0.15, -0.1) is 0 Å². The maximum Gasteiger partial charge on any atom is 0.254 e. The van der Waals surface area contributed by atoms with Crippen LogP contribution in [0.5, 0.6) is 5.75 Å². The number of piperidine rings is 1. The molecular weight excluding hydrogens is 502 g/mol. The highest BCUT2D eigenvalue weighted by atomic mass is 16.5. The van der Waals surface area contributed by atoms with Crippen LogP contribution in [0, 0.1) is 5.92 Å². The molecule has 4 rings (SSSR count). The molecular formula is C33H45N3O4. The number of ether oxygens (including phenoxy) is 1. The molecule has 0 aromatic heterocycles. The van der Waals surface area contributed by atoms with Crippen molar-refractivity contribution in [1.82, 2.24) is 15.1 Å². The van der Waals surface area contributed by atoms with Crippen LogP contribution < -0.4 is 10.1 Å².